The van der Waals surface area contributed by atoms with Gasteiger partial charge in [0.25, 0.3) is 0 Å². The largest absolute Gasteiger partial charge is 0.480 e. The lowest BCUT2D eigenvalue weighted by atomic mass is 10.0. The van der Waals surface area contributed by atoms with Crippen LogP contribution in [0.2, 0.25) is 0 Å². The molecule has 4 heteroatoms. The minimum Gasteiger partial charge on any atom is -0.480 e. The molecule has 0 saturated carbocycles. The molecular formula is C10H14N2O2. The number of carbonyl (C=O) groups is 1. The van der Waals surface area contributed by atoms with Crippen molar-refractivity contribution in [2.75, 3.05) is 5.32 Å². The van der Waals surface area contributed by atoms with Crippen LogP contribution in [0.4, 0.5) is 5.69 Å². The van der Waals surface area contributed by atoms with Crippen LogP contribution in [0.5, 0.6) is 0 Å². The lowest BCUT2D eigenvalue weighted by Gasteiger charge is -2.18. The number of nitrogens with one attached hydrogen (secondary N) is 1. The van der Waals surface area contributed by atoms with Gasteiger partial charge in [-0.15, -0.1) is 0 Å². The first-order valence-corrected chi connectivity index (χ1v) is 4.50. The van der Waals surface area contributed by atoms with Gasteiger partial charge in [0, 0.05) is 12.4 Å². The average molecular weight is 194 g/mol. The predicted molar refractivity (Wildman–Crippen MR) is 54.1 cm³/mol. The maximum absolute atomic E-state index is 10.9. The van der Waals surface area contributed by atoms with E-state index in [1.165, 1.54) is 0 Å². The van der Waals surface area contributed by atoms with Crippen LogP contribution in [-0.2, 0) is 4.79 Å². The van der Waals surface area contributed by atoms with Crippen molar-refractivity contribution in [2.24, 2.45) is 5.92 Å². The van der Waals surface area contributed by atoms with Gasteiger partial charge in [-0.1, -0.05) is 13.8 Å². The number of anilines is 1. The van der Waals surface area contributed by atoms with E-state index in [1.807, 2.05) is 13.8 Å². The van der Waals surface area contributed by atoms with Crippen molar-refractivity contribution in [3.63, 3.8) is 0 Å². The minimum absolute atomic E-state index is 0.0349. The quantitative estimate of drug-likeness (QED) is 0.764. The summed E-state index contributed by atoms with van der Waals surface area (Å²) in [6, 6.07) is 2.99. The maximum Gasteiger partial charge on any atom is 0.326 e. The molecule has 1 rings (SSSR count). The van der Waals surface area contributed by atoms with Gasteiger partial charge in [-0.25, -0.2) is 4.79 Å². The van der Waals surface area contributed by atoms with Gasteiger partial charge in [-0.2, -0.15) is 0 Å². The van der Waals surface area contributed by atoms with Crippen LogP contribution in [0.15, 0.2) is 24.5 Å². The van der Waals surface area contributed by atoms with E-state index in [-0.39, 0.29) is 5.92 Å². The van der Waals surface area contributed by atoms with E-state index in [0.29, 0.717) is 0 Å². The second-order valence-corrected chi connectivity index (χ2v) is 3.45. The van der Waals surface area contributed by atoms with Gasteiger partial charge in [0.1, 0.15) is 6.04 Å². The zero-order valence-corrected chi connectivity index (χ0v) is 8.27. The van der Waals surface area contributed by atoms with E-state index in [0.717, 1.165) is 5.69 Å². The first-order valence-electron chi connectivity index (χ1n) is 4.50. The molecule has 0 radical (unpaired) electrons. The standard InChI is InChI=1S/C10H14N2O2/c1-7(2)9(10(13)14)12-8-4-3-5-11-6-8/h3-7,9,12H,1-2H3,(H,13,14)/t9-/m1/s1. The van der Waals surface area contributed by atoms with Crippen molar-refractivity contribution in [3.05, 3.63) is 24.5 Å². The number of hydrogen-bond donors (Lipinski definition) is 2. The van der Waals surface area contributed by atoms with Crippen LogP contribution in [0.3, 0.4) is 0 Å². The molecule has 1 atom stereocenters. The predicted octanol–water partition coefficient (Wildman–Crippen LogP) is 1.60. The van der Waals surface area contributed by atoms with E-state index < -0.39 is 12.0 Å². The Balaban J connectivity index is 2.70. The van der Waals surface area contributed by atoms with Gasteiger partial charge in [-0.3, -0.25) is 4.98 Å². The summed E-state index contributed by atoms with van der Waals surface area (Å²) >= 11 is 0. The smallest absolute Gasteiger partial charge is 0.326 e. The first-order chi connectivity index (χ1) is 6.61. The van der Waals surface area contributed by atoms with Crippen LogP contribution >= 0.6 is 0 Å². The zero-order chi connectivity index (χ0) is 10.6. The van der Waals surface area contributed by atoms with Gasteiger partial charge in [-0.05, 0) is 18.1 Å². The van der Waals surface area contributed by atoms with Crippen LogP contribution in [-0.4, -0.2) is 22.1 Å². The van der Waals surface area contributed by atoms with Gasteiger partial charge in [0.05, 0.1) is 5.69 Å². The molecule has 76 valence electrons. The summed E-state index contributed by atoms with van der Waals surface area (Å²) in [5.74, 6) is -0.809. The van der Waals surface area contributed by atoms with Crippen molar-refractivity contribution in [1.82, 2.24) is 4.98 Å². The molecule has 1 aromatic heterocycles. The number of carboxylic acids is 1. The van der Waals surface area contributed by atoms with E-state index in [9.17, 15) is 4.79 Å². The molecule has 0 fully saturated rings. The summed E-state index contributed by atoms with van der Waals surface area (Å²) in [5.41, 5.74) is 0.730. The lowest BCUT2D eigenvalue weighted by molar-refractivity contribution is -0.138. The molecule has 0 spiro atoms. The molecule has 2 N–H and O–H groups in total. The van der Waals surface area contributed by atoms with Gasteiger partial charge in [0.15, 0.2) is 0 Å². The Kier molecular flexibility index (Phi) is 3.45. The topological polar surface area (TPSA) is 62.2 Å². The molecule has 14 heavy (non-hydrogen) atoms. The molecule has 0 saturated heterocycles. The monoisotopic (exact) mass is 194 g/mol. The highest BCUT2D eigenvalue weighted by molar-refractivity contribution is 5.77. The number of aromatic nitrogens is 1. The highest BCUT2D eigenvalue weighted by atomic mass is 16.4. The third-order valence-corrected chi connectivity index (χ3v) is 1.92. The fourth-order valence-electron chi connectivity index (χ4n) is 1.14. The number of hydrogen-bond acceptors (Lipinski definition) is 3. The second kappa shape index (κ2) is 4.60. The molecule has 0 aliphatic heterocycles. The Morgan fingerprint density at radius 2 is 2.29 bits per heavy atom. The van der Waals surface area contributed by atoms with Crippen LogP contribution < -0.4 is 5.32 Å². The summed E-state index contributed by atoms with van der Waals surface area (Å²) in [6.45, 7) is 3.73. The van der Waals surface area contributed by atoms with E-state index in [2.05, 4.69) is 10.3 Å². The highest BCUT2D eigenvalue weighted by Gasteiger charge is 2.20. The molecule has 4 nitrogen and oxygen atoms in total. The Hall–Kier alpha value is -1.58. The Labute approximate surface area is 83.0 Å². The first kappa shape index (κ1) is 10.5. The van der Waals surface area contributed by atoms with Crippen molar-refractivity contribution in [3.8, 4) is 0 Å². The average Bonchev–Trinajstić information content (AvgIpc) is 2.15. The third-order valence-electron chi connectivity index (χ3n) is 1.92. The Morgan fingerprint density at radius 1 is 1.57 bits per heavy atom. The maximum atomic E-state index is 10.9. The van der Waals surface area contributed by atoms with E-state index in [4.69, 9.17) is 5.11 Å². The molecule has 1 heterocycles. The van der Waals surface area contributed by atoms with Gasteiger partial charge < -0.3 is 10.4 Å². The number of nitrogens with zero attached hydrogens (tertiary/aromatic N) is 1. The summed E-state index contributed by atoms with van der Waals surface area (Å²) in [6.07, 6.45) is 3.26. The van der Waals surface area contributed by atoms with E-state index in [1.54, 1.807) is 24.5 Å². The molecule has 0 aromatic carbocycles. The summed E-state index contributed by atoms with van der Waals surface area (Å²) < 4.78 is 0. The molecule has 0 unspecified atom stereocenters. The lowest BCUT2D eigenvalue weighted by Crippen LogP contribution is -2.34. The van der Waals surface area contributed by atoms with Crippen molar-refractivity contribution < 1.29 is 9.90 Å². The van der Waals surface area contributed by atoms with Crippen LogP contribution in [0.25, 0.3) is 0 Å². The number of rotatable bonds is 4. The highest BCUT2D eigenvalue weighted by Crippen LogP contribution is 2.11. The van der Waals surface area contributed by atoms with Gasteiger partial charge >= 0.3 is 5.97 Å². The molecular weight excluding hydrogens is 180 g/mol. The molecule has 0 amide bonds. The summed E-state index contributed by atoms with van der Waals surface area (Å²) in [7, 11) is 0. The van der Waals surface area contributed by atoms with E-state index >= 15 is 0 Å². The van der Waals surface area contributed by atoms with Crippen LogP contribution in [0, 0.1) is 5.92 Å². The van der Waals surface area contributed by atoms with Crippen molar-refractivity contribution in [1.29, 1.82) is 0 Å². The molecule has 0 bridgehead atoms. The van der Waals surface area contributed by atoms with Crippen molar-refractivity contribution >= 4 is 11.7 Å². The third kappa shape index (κ3) is 2.73. The zero-order valence-electron chi connectivity index (χ0n) is 8.27. The van der Waals surface area contributed by atoms with Crippen LogP contribution in [0.1, 0.15) is 13.8 Å². The van der Waals surface area contributed by atoms with Crippen molar-refractivity contribution in [2.45, 2.75) is 19.9 Å². The number of aliphatic carboxylic acids is 1. The fourth-order valence-corrected chi connectivity index (χ4v) is 1.14. The summed E-state index contributed by atoms with van der Waals surface area (Å²) in [5, 5.41) is 11.8. The number of pyridine rings is 1. The normalized spacial score (nSPS) is 12.5. The molecule has 1 aromatic rings. The summed E-state index contributed by atoms with van der Waals surface area (Å²) in [4.78, 5) is 14.8. The van der Waals surface area contributed by atoms with Gasteiger partial charge in [0.2, 0.25) is 0 Å². The molecule has 0 aliphatic rings. The minimum atomic E-state index is -0.844. The SMILES string of the molecule is CC(C)[C@@H](Nc1cccnc1)C(=O)O. The molecule has 0 aliphatic carbocycles. The second-order valence-electron chi connectivity index (χ2n) is 3.45. The number of carboxylic acid groups (broad SMARTS) is 1. The fraction of sp³-hybridized carbons (Fsp3) is 0.400. The Morgan fingerprint density at radius 3 is 2.71 bits per heavy atom. The Bertz CT molecular complexity index is 298.